The first-order valence-corrected chi connectivity index (χ1v) is 8.74. The van der Waals surface area contributed by atoms with Gasteiger partial charge in [-0.3, -0.25) is 4.79 Å². The van der Waals surface area contributed by atoms with Crippen LogP contribution in [0.4, 0.5) is 5.69 Å². The van der Waals surface area contributed by atoms with Gasteiger partial charge in [0, 0.05) is 0 Å². The smallest absolute Gasteiger partial charge is 0.235 e. The minimum absolute atomic E-state index is 0.0672. The third-order valence-corrected chi connectivity index (χ3v) is 4.72. The summed E-state index contributed by atoms with van der Waals surface area (Å²) in [5.41, 5.74) is 1.44. The number of carbonyl (C=O) groups is 1. The maximum Gasteiger partial charge on any atom is 0.235 e. The highest BCUT2D eigenvalue weighted by Gasteiger charge is 2.42. The van der Waals surface area contributed by atoms with Gasteiger partial charge in [0.05, 0.1) is 17.2 Å². The molecule has 2 aromatic rings. The molecule has 126 valence electrons. The predicted molar refractivity (Wildman–Crippen MR) is 97.4 cm³/mol. The lowest BCUT2D eigenvalue weighted by Gasteiger charge is -2.29. The van der Waals surface area contributed by atoms with Gasteiger partial charge in [0.15, 0.2) is 0 Å². The molecule has 0 unspecified atom stereocenters. The molecule has 0 aliphatic heterocycles. The monoisotopic (exact) mass is 323 g/mol. The van der Waals surface area contributed by atoms with Gasteiger partial charge in [-0.2, -0.15) is 0 Å². The molecule has 1 aliphatic rings. The Balaban J connectivity index is 1.88. The summed E-state index contributed by atoms with van der Waals surface area (Å²) in [6.07, 6.45) is 4.04. The van der Waals surface area contributed by atoms with E-state index in [1.165, 1.54) is 0 Å². The molecule has 0 bridgehead atoms. The third-order valence-electron chi connectivity index (χ3n) is 4.72. The summed E-state index contributed by atoms with van der Waals surface area (Å²) in [6, 6.07) is 17.8. The van der Waals surface area contributed by atoms with E-state index in [0.717, 1.165) is 42.7 Å². The number of hydrogen-bond donors (Lipinski definition) is 1. The summed E-state index contributed by atoms with van der Waals surface area (Å²) in [5, 5.41) is 3.13. The van der Waals surface area contributed by atoms with Gasteiger partial charge >= 0.3 is 0 Å². The van der Waals surface area contributed by atoms with Gasteiger partial charge in [-0.15, -0.1) is 0 Å². The molecule has 24 heavy (non-hydrogen) atoms. The van der Waals surface area contributed by atoms with Crippen LogP contribution in [0.2, 0.25) is 0 Å². The second-order valence-corrected chi connectivity index (χ2v) is 6.77. The van der Waals surface area contributed by atoms with Crippen molar-refractivity contribution >= 4 is 11.6 Å². The average Bonchev–Trinajstić information content (AvgIpc) is 3.08. The number of ether oxygens (including phenoxy) is 1. The molecule has 1 saturated carbocycles. The zero-order valence-corrected chi connectivity index (χ0v) is 14.4. The molecule has 1 aliphatic carbocycles. The number of carbonyl (C=O) groups excluding carboxylic acids is 1. The molecule has 0 heterocycles. The molecule has 0 atom stereocenters. The van der Waals surface area contributed by atoms with Crippen molar-refractivity contribution in [2.24, 2.45) is 0 Å². The average molecular weight is 323 g/mol. The number of hydrogen-bond acceptors (Lipinski definition) is 2. The van der Waals surface area contributed by atoms with Crippen LogP contribution in [0.3, 0.4) is 0 Å². The van der Waals surface area contributed by atoms with Gasteiger partial charge in [0.25, 0.3) is 0 Å². The van der Waals surface area contributed by atoms with E-state index in [1.807, 2.05) is 56.3 Å². The van der Waals surface area contributed by atoms with E-state index in [1.54, 1.807) is 0 Å². The molecule has 1 amide bonds. The number of nitrogens with one attached hydrogen (secondary N) is 1. The second kappa shape index (κ2) is 7.08. The molecule has 0 aromatic heterocycles. The first-order chi connectivity index (χ1) is 11.6. The molecule has 1 fully saturated rings. The SMILES string of the molecule is CC(C)Oc1ccccc1NC(=O)C1(c2ccccc2)CCCC1. The molecule has 0 spiro atoms. The third kappa shape index (κ3) is 3.30. The number of benzene rings is 2. The molecule has 3 heteroatoms. The van der Waals surface area contributed by atoms with Crippen molar-refractivity contribution < 1.29 is 9.53 Å². The van der Waals surface area contributed by atoms with Crippen molar-refractivity contribution in [2.45, 2.75) is 51.0 Å². The van der Waals surface area contributed by atoms with E-state index >= 15 is 0 Å². The summed E-state index contributed by atoms with van der Waals surface area (Å²) >= 11 is 0. The van der Waals surface area contributed by atoms with E-state index in [-0.39, 0.29) is 12.0 Å². The van der Waals surface area contributed by atoms with Gasteiger partial charge < -0.3 is 10.1 Å². The lowest BCUT2D eigenvalue weighted by Crippen LogP contribution is -2.38. The van der Waals surface area contributed by atoms with Crippen LogP contribution in [0.25, 0.3) is 0 Å². The van der Waals surface area contributed by atoms with E-state index in [4.69, 9.17) is 4.74 Å². The number of para-hydroxylation sites is 2. The molecule has 3 rings (SSSR count). The minimum Gasteiger partial charge on any atom is -0.489 e. The first kappa shape index (κ1) is 16.6. The Morgan fingerprint density at radius 1 is 1.00 bits per heavy atom. The number of rotatable bonds is 5. The maximum absolute atomic E-state index is 13.2. The molecule has 1 N–H and O–H groups in total. The van der Waals surface area contributed by atoms with Crippen LogP contribution in [-0.2, 0) is 10.2 Å². The van der Waals surface area contributed by atoms with Crippen molar-refractivity contribution in [3.63, 3.8) is 0 Å². The fraction of sp³-hybridized carbons (Fsp3) is 0.381. The summed E-state index contributed by atoms with van der Waals surface area (Å²) in [5.74, 6) is 0.799. The maximum atomic E-state index is 13.2. The van der Waals surface area contributed by atoms with Crippen molar-refractivity contribution in [2.75, 3.05) is 5.32 Å². The van der Waals surface area contributed by atoms with Gasteiger partial charge in [-0.1, -0.05) is 55.3 Å². The van der Waals surface area contributed by atoms with Gasteiger partial charge in [0.1, 0.15) is 5.75 Å². The highest BCUT2D eigenvalue weighted by molar-refractivity contribution is 6.00. The van der Waals surface area contributed by atoms with Crippen molar-refractivity contribution in [3.05, 3.63) is 60.2 Å². The molecule has 3 nitrogen and oxygen atoms in total. The Kier molecular flexibility index (Phi) is 4.89. The summed E-state index contributed by atoms with van der Waals surface area (Å²) in [6.45, 7) is 3.97. The Labute approximate surface area is 144 Å². The van der Waals surface area contributed by atoms with E-state index < -0.39 is 5.41 Å². The molecule has 2 aromatic carbocycles. The van der Waals surface area contributed by atoms with E-state index in [9.17, 15) is 4.79 Å². The van der Waals surface area contributed by atoms with Crippen LogP contribution < -0.4 is 10.1 Å². The number of amides is 1. The molecular formula is C21H25NO2. The first-order valence-electron chi connectivity index (χ1n) is 8.74. The Morgan fingerprint density at radius 2 is 1.62 bits per heavy atom. The zero-order valence-electron chi connectivity index (χ0n) is 14.4. The minimum atomic E-state index is -0.424. The topological polar surface area (TPSA) is 38.3 Å². The Hall–Kier alpha value is -2.29. The van der Waals surface area contributed by atoms with Gasteiger partial charge in [-0.25, -0.2) is 0 Å². The van der Waals surface area contributed by atoms with Gasteiger partial charge in [-0.05, 0) is 44.4 Å². The fourth-order valence-electron chi connectivity index (χ4n) is 3.55. The largest absolute Gasteiger partial charge is 0.489 e. The van der Waals surface area contributed by atoms with Crippen LogP contribution in [-0.4, -0.2) is 12.0 Å². The predicted octanol–water partition coefficient (Wildman–Crippen LogP) is 4.92. The van der Waals surface area contributed by atoms with Crippen LogP contribution >= 0.6 is 0 Å². The van der Waals surface area contributed by atoms with Crippen LogP contribution in [0, 0.1) is 0 Å². The molecular weight excluding hydrogens is 298 g/mol. The highest BCUT2D eigenvalue weighted by atomic mass is 16.5. The van der Waals surface area contributed by atoms with E-state index in [2.05, 4.69) is 17.4 Å². The Morgan fingerprint density at radius 3 is 2.29 bits per heavy atom. The molecule has 0 saturated heterocycles. The van der Waals surface area contributed by atoms with Gasteiger partial charge in [0.2, 0.25) is 5.91 Å². The quantitative estimate of drug-likeness (QED) is 0.847. The van der Waals surface area contributed by atoms with Crippen LogP contribution in [0.15, 0.2) is 54.6 Å². The summed E-state index contributed by atoms with van der Waals surface area (Å²) < 4.78 is 5.83. The second-order valence-electron chi connectivity index (χ2n) is 6.77. The van der Waals surface area contributed by atoms with Crippen LogP contribution in [0.5, 0.6) is 5.75 Å². The zero-order chi connectivity index (χ0) is 17.0. The lowest BCUT2D eigenvalue weighted by atomic mass is 9.78. The van der Waals surface area contributed by atoms with Crippen molar-refractivity contribution in [3.8, 4) is 5.75 Å². The van der Waals surface area contributed by atoms with Crippen LogP contribution in [0.1, 0.15) is 45.1 Å². The normalized spacial score (nSPS) is 16.1. The van der Waals surface area contributed by atoms with E-state index in [0.29, 0.717) is 0 Å². The Bertz CT molecular complexity index is 688. The highest BCUT2D eigenvalue weighted by Crippen LogP contribution is 2.42. The summed E-state index contributed by atoms with van der Waals surface area (Å²) in [4.78, 5) is 13.2. The lowest BCUT2D eigenvalue weighted by molar-refractivity contribution is -0.121. The fourth-order valence-corrected chi connectivity index (χ4v) is 3.55. The standard InChI is InChI=1S/C21H25NO2/c1-16(2)24-19-13-7-6-12-18(19)22-20(23)21(14-8-9-15-21)17-10-4-3-5-11-17/h3-7,10-13,16H,8-9,14-15H2,1-2H3,(H,22,23). The van der Waals surface area contributed by atoms with Crippen molar-refractivity contribution in [1.82, 2.24) is 0 Å². The molecule has 0 radical (unpaired) electrons. The summed E-state index contributed by atoms with van der Waals surface area (Å²) in [7, 11) is 0. The number of anilines is 1. The van der Waals surface area contributed by atoms with Crippen molar-refractivity contribution in [1.29, 1.82) is 0 Å².